The van der Waals surface area contributed by atoms with Crippen LogP contribution in [-0.4, -0.2) is 19.6 Å². The molecule has 1 aliphatic heterocycles. The number of carbonyl (C=O) groups is 1. The maximum Gasteiger partial charge on any atom is 0.340 e. The first-order valence-corrected chi connectivity index (χ1v) is 6.41. The van der Waals surface area contributed by atoms with Gasteiger partial charge in [-0.25, -0.2) is 4.79 Å². The minimum atomic E-state index is -0.304. The van der Waals surface area contributed by atoms with Crippen LogP contribution in [0, 0.1) is 0 Å². The number of hydrogen-bond acceptors (Lipinski definition) is 3. The molecule has 1 heterocycles. The maximum atomic E-state index is 11.9. The molecule has 0 radical (unpaired) electrons. The number of esters is 1. The van der Waals surface area contributed by atoms with Crippen molar-refractivity contribution in [2.45, 2.75) is 19.3 Å². The molecular weight excluding hydrogens is 250 g/mol. The van der Waals surface area contributed by atoms with E-state index in [-0.39, 0.29) is 5.97 Å². The Hall–Kier alpha value is -1.48. The van der Waals surface area contributed by atoms with E-state index in [1.165, 1.54) is 7.11 Å². The summed E-state index contributed by atoms with van der Waals surface area (Å²) in [5.41, 5.74) is 2.43. The lowest BCUT2D eigenvalue weighted by atomic mass is 9.98. The third-order valence-corrected chi connectivity index (χ3v) is 3.27. The van der Waals surface area contributed by atoms with E-state index in [4.69, 9.17) is 16.3 Å². The van der Waals surface area contributed by atoms with Gasteiger partial charge in [0.25, 0.3) is 0 Å². The predicted molar refractivity (Wildman–Crippen MR) is 72.2 cm³/mol. The van der Waals surface area contributed by atoms with Crippen LogP contribution in [-0.2, 0) is 9.53 Å². The summed E-state index contributed by atoms with van der Waals surface area (Å²) in [6, 6.07) is 7.25. The van der Waals surface area contributed by atoms with Crippen LogP contribution < -0.4 is 5.32 Å². The minimum Gasteiger partial charge on any atom is -0.465 e. The Kier molecular flexibility index (Phi) is 4.26. The minimum absolute atomic E-state index is 0.304. The molecule has 0 saturated carbocycles. The van der Waals surface area contributed by atoms with Gasteiger partial charge in [-0.15, -0.1) is 0 Å². The quantitative estimate of drug-likeness (QED) is 0.660. The van der Waals surface area contributed by atoms with E-state index in [0.717, 1.165) is 37.1 Å². The second kappa shape index (κ2) is 5.91. The van der Waals surface area contributed by atoms with Gasteiger partial charge in [0.2, 0.25) is 0 Å². The molecule has 2 rings (SSSR count). The number of halogens is 1. The molecule has 1 aromatic carbocycles. The van der Waals surface area contributed by atoms with Crippen LogP contribution in [0.2, 0.25) is 5.02 Å². The molecule has 1 aliphatic rings. The topological polar surface area (TPSA) is 38.3 Å². The highest BCUT2D eigenvalue weighted by molar-refractivity contribution is 6.30. The zero-order valence-electron chi connectivity index (χ0n) is 10.3. The zero-order chi connectivity index (χ0) is 13.0. The van der Waals surface area contributed by atoms with Crippen LogP contribution in [0.3, 0.4) is 0 Å². The second-order valence-corrected chi connectivity index (χ2v) is 4.67. The molecule has 4 heteroatoms. The smallest absolute Gasteiger partial charge is 0.340 e. The fourth-order valence-corrected chi connectivity index (χ4v) is 2.23. The second-order valence-electron chi connectivity index (χ2n) is 4.24. The van der Waals surface area contributed by atoms with Crippen molar-refractivity contribution in [3.05, 3.63) is 40.5 Å². The van der Waals surface area contributed by atoms with Crippen molar-refractivity contribution in [2.24, 2.45) is 0 Å². The summed E-state index contributed by atoms with van der Waals surface area (Å²) >= 11 is 5.87. The van der Waals surface area contributed by atoms with Gasteiger partial charge < -0.3 is 10.1 Å². The van der Waals surface area contributed by atoms with Gasteiger partial charge in [0.15, 0.2) is 0 Å². The van der Waals surface area contributed by atoms with Gasteiger partial charge in [-0.3, -0.25) is 0 Å². The SMILES string of the molecule is COC(=O)C(=C1CCCCN1)c1ccc(Cl)cc1. The molecule has 0 amide bonds. The van der Waals surface area contributed by atoms with Crippen molar-refractivity contribution >= 4 is 23.1 Å². The monoisotopic (exact) mass is 265 g/mol. The molecule has 0 bridgehead atoms. The van der Waals surface area contributed by atoms with Crippen LogP contribution in [0.25, 0.3) is 5.57 Å². The number of nitrogens with one attached hydrogen (secondary N) is 1. The largest absolute Gasteiger partial charge is 0.465 e. The average Bonchev–Trinajstić information content (AvgIpc) is 2.42. The lowest BCUT2D eigenvalue weighted by Gasteiger charge is -2.20. The summed E-state index contributed by atoms with van der Waals surface area (Å²) in [4.78, 5) is 11.9. The molecule has 3 nitrogen and oxygen atoms in total. The predicted octanol–water partition coefficient (Wildman–Crippen LogP) is 3.00. The van der Waals surface area contributed by atoms with E-state index in [9.17, 15) is 4.79 Å². The average molecular weight is 266 g/mol. The Morgan fingerprint density at radius 2 is 2.00 bits per heavy atom. The summed E-state index contributed by atoms with van der Waals surface area (Å²) in [6.07, 6.45) is 3.11. The van der Waals surface area contributed by atoms with E-state index < -0.39 is 0 Å². The molecule has 1 N–H and O–H groups in total. The Morgan fingerprint density at radius 1 is 1.28 bits per heavy atom. The van der Waals surface area contributed by atoms with Gasteiger partial charge in [0.1, 0.15) is 0 Å². The lowest BCUT2D eigenvalue weighted by molar-refractivity contribution is -0.133. The maximum absolute atomic E-state index is 11.9. The van der Waals surface area contributed by atoms with E-state index in [1.807, 2.05) is 12.1 Å². The molecule has 0 aliphatic carbocycles. The fraction of sp³-hybridized carbons (Fsp3) is 0.357. The number of methoxy groups -OCH3 is 1. The van der Waals surface area contributed by atoms with Gasteiger partial charge in [0, 0.05) is 17.3 Å². The summed E-state index contributed by atoms with van der Waals surface area (Å²) in [7, 11) is 1.40. The number of rotatable bonds is 2. The number of benzene rings is 1. The van der Waals surface area contributed by atoms with Crippen molar-refractivity contribution < 1.29 is 9.53 Å². The summed E-state index contributed by atoms with van der Waals surface area (Å²) in [6.45, 7) is 0.906. The summed E-state index contributed by atoms with van der Waals surface area (Å²) in [5.74, 6) is -0.304. The van der Waals surface area contributed by atoms with Gasteiger partial charge in [-0.05, 0) is 37.0 Å². The van der Waals surface area contributed by atoms with Crippen LogP contribution in [0.4, 0.5) is 0 Å². The van der Waals surface area contributed by atoms with Gasteiger partial charge >= 0.3 is 5.97 Å². The number of allylic oxidation sites excluding steroid dienone is 1. The first-order chi connectivity index (χ1) is 8.72. The Balaban J connectivity index is 2.41. The summed E-state index contributed by atoms with van der Waals surface area (Å²) in [5, 5.41) is 3.95. The van der Waals surface area contributed by atoms with Crippen LogP contribution in [0.5, 0.6) is 0 Å². The van der Waals surface area contributed by atoms with Crippen molar-refractivity contribution in [3.63, 3.8) is 0 Å². The first kappa shape index (κ1) is 13.0. The van der Waals surface area contributed by atoms with E-state index in [2.05, 4.69) is 5.32 Å². The van der Waals surface area contributed by atoms with E-state index >= 15 is 0 Å². The Labute approximate surface area is 112 Å². The molecular formula is C14H16ClNO2. The number of hydrogen-bond donors (Lipinski definition) is 1. The number of carbonyl (C=O) groups excluding carboxylic acids is 1. The van der Waals surface area contributed by atoms with Crippen molar-refractivity contribution in [1.29, 1.82) is 0 Å². The third-order valence-electron chi connectivity index (χ3n) is 3.02. The molecule has 1 saturated heterocycles. The highest BCUT2D eigenvalue weighted by atomic mass is 35.5. The lowest BCUT2D eigenvalue weighted by Crippen LogP contribution is -2.23. The molecule has 18 heavy (non-hydrogen) atoms. The molecule has 1 fully saturated rings. The van der Waals surface area contributed by atoms with Crippen molar-refractivity contribution in [2.75, 3.05) is 13.7 Å². The Morgan fingerprint density at radius 3 is 2.56 bits per heavy atom. The molecule has 96 valence electrons. The fourth-order valence-electron chi connectivity index (χ4n) is 2.10. The van der Waals surface area contributed by atoms with Gasteiger partial charge in [-0.1, -0.05) is 23.7 Å². The normalized spacial score (nSPS) is 17.9. The van der Waals surface area contributed by atoms with Gasteiger partial charge in [-0.2, -0.15) is 0 Å². The standard InChI is InChI=1S/C14H16ClNO2/c1-18-14(17)13(12-4-2-3-9-16-12)10-5-7-11(15)8-6-10/h5-8,16H,2-4,9H2,1H3. The highest BCUT2D eigenvalue weighted by Gasteiger charge is 2.19. The summed E-state index contributed by atoms with van der Waals surface area (Å²) < 4.78 is 4.88. The van der Waals surface area contributed by atoms with Gasteiger partial charge in [0.05, 0.1) is 12.7 Å². The van der Waals surface area contributed by atoms with Crippen LogP contribution >= 0.6 is 11.6 Å². The van der Waals surface area contributed by atoms with Crippen LogP contribution in [0.15, 0.2) is 30.0 Å². The molecule has 0 aromatic heterocycles. The molecule has 0 spiro atoms. The zero-order valence-corrected chi connectivity index (χ0v) is 11.1. The highest BCUT2D eigenvalue weighted by Crippen LogP contribution is 2.25. The van der Waals surface area contributed by atoms with E-state index in [0.29, 0.717) is 10.6 Å². The van der Waals surface area contributed by atoms with Crippen molar-refractivity contribution in [3.8, 4) is 0 Å². The molecule has 0 atom stereocenters. The third kappa shape index (κ3) is 2.85. The van der Waals surface area contributed by atoms with E-state index in [1.54, 1.807) is 12.1 Å². The van der Waals surface area contributed by atoms with Crippen LogP contribution in [0.1, 0.15) is 24.8 Å². The Bertz CT molecular complexity index is 457. The number of ether oxygens (including phenoxy) is 1. The molecule has 1 aromatic rings. The van der Waals surface area contributed by atoms with Crippen molar-refractivity contribution in [1.82, 2.24) is 5.32 Å². The first-order valence-electron chi connectivity index (χ1n) is 6.03. The number of piperidine rings is 1. The molecule has 0 unspecified atom stereocenters.